The van der Waals surface area contributed by atoms with Gasteiger partial charge in [-0.25, -0.2) is 0 Å². The van der Waals surface area contributed by atoms with Crippen molar-refractivity contribution in [1.29, 1.82) is 0 Å². The lowest BCUT2D eigenvalue weighted by Crippen LogP contribution is -2.50. The van der Waals surface area contributed by atoms with E-state index in [0.717, 1.165) is 0 Å². The Morgan fingerprint density at radius 3 is 1.68 bits per heavy atom. The van der Waals surface area contributed by atoms with Gasteiger partial charge >= 0.3 is 0 Å². The van der Waals surface area contributed by atoms with Gasteiger partial charge in [0, 0.05) is 37.3 Å². The first-order valence-electron chi connectivity index (χ1n) is 7.35. The molecule has 0 bridgehead atoms. The summed E-state index contributed by atoms with van der Waals surface area (Å²) in [6.07, 6.45) is 0. The van der Waals surface area contributed by atoms with Gasteiger partial charge in [0.25, 0.3) is 11.8 Å². The fourth-order valence-corrected chi connectivity index (χ4v) is 2.59. The molecular formula is C18H17N2O2. The van der Waals surface area contributed by atoms with Crippen LogP contribution in [0.3, 0.4) is 0 Å². The minimum absolute atomic E-state index is 0.0146. The molecule has 1 saturated heterocycles. The SMILES string of the molecule is O=C(c1cc[c]cc1)N1CCN(C(=O)c2ccccc2)CC1. The zero-order chi connectivity index (χ0) is 15.4. The molecule has 2 amide bonds. The van der Waals surface area contributed by atoms with Crippen LogP contribution in [0, 0.1) is 6.07 Å². The number of carbonyl (C=O) groups is 2. The van der Waals surface area contributed by atoms with E-state index in [1.54, 1.807) is 34.1 Å². The van der Waals surface area contributed by atoms with Gasteiger partial charge in [-0.3, -0.25) is 9.59 Å². The molecule has 22 heavy (non-hydrogen) atoms. The zero-order valence-corrected chi connectivity index (χ0v) is 12.2. The molecule has 2 aromatic carbocycles. The molecule has 0 N–H and O–H groups in total. The van der Waals surface area contributed by atoms with Gasteiger partial charge in [-0.1, -0.05) is 30.3 Å². The molecule has 2 aromatic rings. The van der Waals surface area contributed by atoms with Crippen LogP contribution in [0.1, 0.15) is 20.7 Å². The average Bonchev–Trinajstić information content (AvgIpc) is 2.62. The molecule has 1 aliphatic heterocycles. The second kappa shape index (κ2) is 6.43. The van der Waals surface area contributed by atoms with Crippen LogP contribution in [0.5, 0.6) is 0 Å². The monoisotopic (exact) mass is 293 g/mol. The molecule has 0 aromatic heterocycles. The number of piperazine rings is 1. The number of carbonyl (C=O) groups excluding carboxylic acids is 2. The van der Waals surface area contributed by atoms with Crippen LogP contribution < -0.4 is 0 Å². The van der Waals surface area contributed by atoms with E-state index in [9.17, 15) is 9.59 Å². The molecule has 0 unspecified atom stereocenters. The van der Waals surface area contributed by atoms with Crippen molar-refractivity contribution in [2.45, 2.75) is 0 Å². The van der Waals surface area contributed by atoms with Gasteiger partial charge < -0.3 is 9.80 Å². The maximum absolute atomic E-state index is 12.4. The number of hydrogen-bond donors (Lipinski definition) is 0. The second-order valence-corrected chi connectivity index (χ2v) is 5.24. The van der Waals surface area contributed by atoms with E-state index in [0.29, 0.717) is 37.3 Å². The molecule has 1 radical (unpaired) electrons. The highest BCUT2D eigenvalue weighted by Gasteiger charge is 2.25. The Morgan fingerprint density at radius 1 is 0.727 bits per heavy atom. The molecular weight excluding hydrogens is 276 g/mol. The van der Waals surface area contributed by atoms with Crippen LogP contribution in [0.25, 0.3) is 0 Å². The summed E-state index contributed by atoms with van der Waals surface area (Å²) < 4.78 is 0. The average molecular weight is 293 g/mol. The molecule has 1 fully saturated rings. The third kappa shape index (κ3) is 3.01. The third-order valence-corrected chi connectivity index (χ3v) is 3.84. The lowest BCUT2D eigenvalue weighted by molar-refractivity contribution is 0.0535. The van der Waals surface area contributed by atoms with Gasteiger partial charge in [-0.05, 0) is 30.3 Å². The van der Waals surface area contributed by atoms with Crippen LogP contribution in [-0.2, 0) is 0 Å². The van der Waals surface area contributed by atoms with Crippen LogP contribution in [-0.4, -0.2) is 47.8 Å². The number of hydrogen-bond acceptors (Lipinski definition) is 2. The highest BCUT2D eigenvalue weighted by Crippen LogP contribution is 2.11. The first-order chi connectivity index (χ1) is 10.8. The van der Waals surface area contributed by atoms with Gasteiger partial charge in [-0.15, -0.1) is 0 Å². The number of nitrogens with zero attached hydrogens (tertiary/aromatic N) is 2. The molecule has 1 aliphatic rings. The topological polar surface area (TPSA) is 40.6 Å². The Hall–Kier alpha value is -2.62. The van der Waals surface area contributed by atoms with E-state index in [1.165, 1.54) is 0 Å². The van der Waals surface area contributed by atoms with E-state index in [-0.39, 0.29) is 11.8 Å². The molecule has 1 heterocycles. The summed E-state index contributed by atoms with van der Waals surface area (Å²) in [6, 6.07) is 19.2. The lowest BCUT2D eigenvalue weighted by Gasteiger charge is -2.34. The van der Waals surface area contributed by atoms with Gasteiger partial charge in [0.05, 0.1) is 0 Å². The van der Waals surface area contributed by atoms with Crippen molar-refractivity contribution in [3.63, 3.8) is 0 Å². The van der Waals surface area contributed by atoms with Gasteiger partial charge in [0.1, 0.15) is 0 Å². The molecule has 0 saturated carbocycles. The summed E-state index contributed by atoms with van der Waals surface area (Å²) in [6.45, 7) is 2.27. The Kier molecular flexibility index (Phi) is 4.19. The van der Waals surface area contributed by atoms with Crippen LogP contribution in [0.4, 0.5) is 0 Å². The van der Waals surface area contributed by atoms with Crippen molar-refractivity contribution < 1.29 is 9.59 Å². The molecule has 111 valence electrons. The predicted octanol–water partition coefficient (Wildman–Crippen LogP) is 2.08. The fraction of sp³-hybridized carbons (Fsp3) is 0.222. The van der Waals surface area contributed by atoms with E-state index in [1.807, 2.05) is 30.3 Å². The van der Waals surface area contributed by atoms with Gasteiger partial charge in [-0.2, -0.15) is 0 Å². The second-order valence-electron chi connectivity index (χ2n) is 5.24. The molecule has 0 spiro atoms. The lowest BCUT2D eigenvalue weighted by atomic mass is 10.1. The van der Waals surface area contributed by atoms with Crippen molar-refractivity contribution in [2.24, 2.45) is 0 Å². The van der Waals surface area contributed by atoms with E-state index >= 15 is 0 Å². The number of benzene rings is 2. The smallest absolute Gasteiger partial charge is 0.253 e. The fourth-order valence-electron chi connectivity index (χ4n) is 2.59. The molecule has 3 rings (SSSR count). The Bertz CT molecular complexity index is 588. The molecule has 0 aliphatic carbocycles. The number of amides is 2. The van der Waals surface area contributed by atoms with Crippen LogP contribution >= 0.6 is 0 Å². The Balaban J connectivity index is 1.61. The normalized spacial score (nSPS) is 14.7. The summed E-state index contributed by atoms with van der Waals surface area (Å²) in [4.78, 5) is 28.3. The van der Waals surface area contributed by atoms with Crippen molar-refractivity contribution in [3.8, 4) is 0 Å². The van der Waals surface area contributed by atoms with E-state index in [4.69, 9.17) is 0 Å². The quantitative estimate of drug-likeness (QED) is 0.850. The highest BCUT2D eigenvalue weighted by atomic mass is 16.2. The summed E-state index contributed by atoms with van der Waals surface area (Å²) in [7, 11) is 0. The maximum Gasteiger partial charge on any atom is 0.253 e. The van der Waals surface area contributed by atoms with E-state index < -0.39 is 0 Å². The zero-order valence-electron chi connectivity index (χ0n) is 12.2. The van der Waals surface area contributed by atoms with Gasteiger partial charge in [0.15, 0.2) is 0 Å². The third-order valence-electron chi connectivity index (χ3n) is 3.84. The highest BCUT2D eigenvalue weighted by molar-refractivity contribution is 5.95. The largest absolute Gasteiger partial charge is 0.335 e. The molecule has 0 atom stereocenters. The Morgan fingerprint density at radius 2 is 1.18 bits per heavy atom. The summed E-state index contributed by atoms with van der Waals surface area (Å²) >= 11 is 0. The number of rotatable bonds is 2. The first-order valence-corrected chi connectivity index (χ1v) is 7.35. The summed E-state index contributed by atoms with van der Waals surface area (Å²) in [5.74, 6) is 0.0443. The molecule has 4 nitrogen and oxygen atoms in total. The van der Waals surface area contributed by atoms with Crippen molar-refractivity contribution in [3.05, 3.63) is 71.8 Å². The Labute approximate surface area is 130 Å². The van der Waals surface area contributed by atoms with Crippen LogP contribution in [0.15, 0.2) is 54.6 Å². The predicted molar refractivity (Wildman–Crippen MR) is 83.5 cm³/mol. The summed E-state index contributed by atoms with van der Waals surface area (Å²) in [5.41, 5.74) is 1.36. The van der Waals surface area contributed by atoms with Crippen molar-refractivity contribution >= 4 is 11.8 Å². The minimum Gasteiger partial charge on any atom is -0.335 e. The van der Waals surface area contributed by atoms with Crippen molar-refractivity contribution in [1.82, 2.24) is 9.80 Å². The van der Waals surface area contributed by atoms with Crippen LogP contribution in [0.2, 0.25) is 0 Å². The summed E-state index contributed by atoms with van der Waals surface area (Å²) in [5, 5.41) is 0. The van der Waals surface area contributed by atoms with E-state index in [2.05, 4.69) is 6.07 Å². The minimum atomic E-state index is 0.0146. The standard InChI is InChI=1S/C18H17N2O2/c21-17(15-7-3-1-4-8-15)19-11-13-20(14-12-19)18(22)16-9-5-2-6-10-16/h1,3-10H,11-14H2. The first kappa shape index (κ1) is 14.3. The van der Waals surface area contributed by atoms with Crippen molar-refractivity contribution in [2.75, 3.05) is 26.2 Å². The maximum atomic E-state index is 12.4. The molecule has 4 heteroatoms. The van der Waals surface area contributed by atoms with Gasteiger partial charge in [0.2, 0.25) is 0 Å².